The third-order valence-electron chi connectivity index (χ3n) is 7.05. The summed E-state index contributed by atoms with van der Waals surface area (Å²) in [4.78, 5) is 16.2. The SMILES string of the molecule is CSC(=N)N(C#N)CC[C@@]1(c2ccc(F)cc2)CCN([C@@H](C)c2ccc(-c3ccc(F)cc3F)cc2)C(=O)O1. The van der Waals surface area contributed by atoms with E-state index in [1.165, 1.54) is 29.2 Å². The maximum Gasteiger partial charge on any atom is 0.411 e. The predicted octanol–water partition coefficient (Wildman–Crippen LogP) is 7.04. The lowest BCUT2D eigenvalue weighted by Gasteiger charge is -2.44. The van der Waals surface area contributed by atoms with Gasteiger partial charge in [0.1, 0.15) is 23.1 Å². The Morgan fingerprint density at radius 2 is 1.79 bits per heavy atom. The Bertz CT molecular complexity index is 1400. The number of nitrogens with zero attached hydrogens (tertiary/aromatic N) is 3. The fourth-order valence-corrected chi connectivity index (χ4v) is 5.09. The van der Waals surface area contributed by atoms with Crippen LogP contribution in [0.25, 0.3) is 11.1 Å². The van der Waals surface area contributed by atoms with E-state index in [9.17, 15) is 23.2 Å². The first-order chi connectivity index (χ1) is 18.7. The van der Waals surface area contributed by atoms with Crippen molar-refractivity contribution in [1.82, 2.24) is 9.80 Å². The molecule has 3 aromatic carbocycles. The zero-order valence-electron chi connectivity index (χ0n) is 21.5. The van der Waals surface area contributed by atoms with Crippen LogP contribution in [-0.2, 0) is 10.3 Å². The standard InChI is InChI=1S/C29H27F3N4O2S/c1-19(20-3-5-21(6-4-20)25-12-11-24(31)17-26(25)32)36-16-14-29(38-28(36)37,22-7-9-23(30)10-8-22)13-15-35(18-33)27(34)39-2/h3-12,17,19,34H,13-16H2,1-2H3/t19-,29-/m0/s1. The van der Waals surface area contributed by atoms with Crippen molar-refractivity contribution in [2.24, 2.45) is 0 Å². The molecule has 1 heterocycles. The zero-order chi connectivity index (χ0) is 28.2. The minimum Gasteiger partial charge on any atom is -0.438 e. The van der Waals surface area contributed by atoms with E-state index in [1.54, 1.807) is 47.6 Å². The van der Waals surface area contributed by atoms with Crippen LogP contribution < -0.4 is 0 Å². The summed E-state index contributed by atoms with van der Waals surface area (Å²) >= 11 is 1.13. The molecule has 39 heavy (non-hydrogen) atoms. The molecular weight excluding hydrogens is 525 g/mol. The average Bonchev–Trinajstić information content (AvgIpc) is 2.93. The van der Waals surface area contributed by atoms with Crippen LogP contribution in [0.2, 0.25) is 0 Å². The minimum atomic E-state index is -1.10. The van der Waals surface area contributed by atoms with Gasteiger partial charge in [-0.05, 0) is 54.1 Å². The quantitative estimate of drug-likeness (QED) is 0.147. The number of amides is 1. The Morgan fingerprint density at radius 3 is 2.38 bits per heavy atom. The largest absolute Gasteiger partial charge is 0.438 e. The molecule has 1 N–H and O–H groups in total. The highest BCUT2D eigenvalue weighted by molar-refractivity contribution is 8.13. The molecule has 1 saturated heterocycles. The fourth-order valence-electron chi connectivity index (χ4n) is 4.74. The van der Waals surface area contributed by atoms with Crippen molar-refractivity contribution < 1.29 is 22.7 Å². The fraction of sp³-hybridized carbons (Fsp3) is 0.276. The van der Waals surface area contributed by atoms with Crippen molar-refractivity contribution in [2.45, 2.75) is 31.4 Å². The number of carbonyl (C=O) groups excluding carboxylic acids is 1. The predicted molar refractivity (Wildman–Crippen MR) is 144 cm³/mol. The summed E-state index contributed by atoms with van der Waals surface area (Å²) in [6, 6.07) is 15.8. The minimum absolute atomic E-state index is 0.0770. The lowest BCUT2D eigenvalue weighted by Crippen LogP contribution is -2.49. The van der Waals surface area contributed by atoms with Gasteiger partial charge in [0.05, 0.1) is 6.04 Å². The lowest BCUT2D eigenvalue weighted by molar-refractivity contribution is -0.0664. The van der Waals surface area contributed by atoms with Crippen LogP contribution in [0.3, 0.4) is 0 Å². The van der Waals surface area contributed by atoms with Gasteiger partial charge in [0.2, 0.25) is 0 Å². The molecule has 2 atom stereocenters. The summed E-state index contributed by atoms with van der Waals surface area (Å²) < 4.78 is 47.2. The second-order valence-corrected chi connectivity index (χ2v) is 10.0. The van der Waals surface area contributed by atoms with E-state index in [4.69, 9.17) is 10.1 Å². The van der Waals surface area contributed by atoms with Crippen LogP contribution in [0.15, 0.2) is 66.7 Å². The van der Waals surface area contributed by atoms with Crippen LogP contribution in [0.4, 0.5) is 18.0 Å². The number of nitrogens with one attached hydrogen (secondary N) is 1. The number of benzene rings is 3. The molecule has 0 unspecified atom stereocenters. The van der Waals surface area contributed by atoms with E-state index >= 15 is 0 Å². The summed E-state index contributed by atoms with van der Waals surface area (Å²) in [7, 11) is 0. The van der Waals surface area contributed by atoms with Crippen LogP contribution in [-0.4, -0.2) is 40.4 Å². The van der Waals surface area contributed by atoms with Gasteiger partial charge in [0, 0.05) is 37.6 Å². The molecule has 0 radical (unpaired) electrons. The molecule has 202 valence electrons. The maximum absolute atomic E-state index is 14.2. The molecule has 6 nitrogen and oxygen atoms in total. The van der Waals surface area contributed by atoms with E-state index < -0.39 is 29.1 Å². The number of halogens is 3. The molecule has 0 spiro atoms. The van der Waals surface area contributed by atoms with E-state index in [0.29, 0.717) is 24.1 Å². The summed E-state index contributed by atoms with van der Waals surface area (Å²) in [5.74, 6) is -1.72. The van der Waals surface area contributed by atoms with Gasteiger partial charge >= 0.3 is 6.09 Å². The van der Waals surface area contributed by atoms with Crippen LogP contribution in [0, 0.1) is 34.3 Å². The van der Waals surface area contributed by atoms with Crippen molar-refractivity contribution in [3.63, 3.8) is 0 Å². The van der Waals surface area contributed by atoms with Crippen LogP contribution in [0.5, 0.6) is 0 Å². The smallest absolute Gasteiger partial charge is 0.411 e. The van der Waals surface area contributed by atoms with E-state index in [1.807, 2.05) is 13.1 Å². The molecule has 1 aliphatic rings. The number of hydrogen-bond donors (Lipinski definition) is 1. The highest BCUT2D eigenvalue weighted by Crippen LogP contribution is 2.40. The number of ether oxygens (including phenoxy) is 1. The molecule has 1 aliphatic heterocycles. The number of cyclic esters (lactones) is 1. The molecule has 1 fully saturated rings. The molecule has 10 heteroatoms. The van der Waals surface area contributed by atoms with Gasteiger partial charge in [0.15, 0.2) is 11.4 Å². The topological polar surface area (TPSA) is 80.4 Å². The Hall–Kier alpha value is -3.97. The number of nitriles is 1. The summed E-state index contributed by atoms with van der Waals surface area (Å²) in [5.41, 5.74) is 1.18. The first-order valence-electron chi connectivity index (χ1n) is 12.3. The molecule has 0 aliphatic carbocycles. The van der Waals surface area contributed by atoms with Gasteiger partial charge in [0.25, 0.3) is 0 Å². The zero-order valence-corrected chi connectivity index (χ0v) is 22.3. The van der Waals surface area contributed by atoms with Gasteiger partial charge < -0.3 is 9.64 Å². The Balaban J connectivity index is 1.54. The van der Waals surface area contributed by atoms with Crippen LogP contribution in [0.1, 0.15) is 36.9 Å². The Kier molecular flexibility index (Phi) is 8.51. The van der Waals surface area contributed by atoms with Gasteiger partial charge in [-0.1, -0.05) is 48.2 Å². The van der Waals surface area contributed by atoms with E-state index in [2.05, 4.69) is 0 Å². The molecule has 0 saturated carbocycles. The number of amidine groups is 1. The van der Waals surface area contributed by atoms with E-state index in [0.717, 1.165) is 23.4 Å². The molecule has 0 bridgehead atoms. The normalized spacial score (nSPS) is 17.7. The van der Waals surface area contributed by atoms with Gasteiger partial charge in [-0.25, -0.2) is 18.0 Å². The number of hydrogen-bond acceptors (Lipinski definition) is 5. The Labute approximate surface area is 229 Å². The molecular formula is C29H27F3N4O2S. The first kappa shape index (κ1) is 28.0. The average molecular weight is 553 g/mol. The highest BCUT2D eigenvalue weighted by atomic mass is 32.2. The van der Waals surface area contributed by atoms with Crippen molar-refractivity contribution in [3.05, 3.63) is 95.3 Å². The van der Waals surface area contributed by atoms with Gasteiger partial charge in [-0.2, -0.15) is 5.26 Å². The monoisotopic (exact) mass is 552 g/mol. The number of carbonyl (C=O) groups is 1. The summed E-state index contributed by atoms with van der Waals surface area (Å²) in [5, 5.41) is 17.5. The second kappa shape index (κ2) is 11.8. The Morgan fingerprint density at radius 1 is 1.13 bits per heavy atom. The van der Waals surface area contributed by atoms with Gasteiger partial charge in [-0.3, -0.25) is 10.3 Å². The van der Waals surface area contributed by atoms with Crippen molar-refractivity contribution >= 4 is 23.0 Å². The number of rotatable bonds is 7. The maximum atomic E-state index is 14.2. The van der Waals surface area contributed by atoms with Crippen LogP contribution >= 0.6 is 11.8 Å². The lowest BCUT2D eigenvalue weighted by atomic mass is 9.85. The van der Waals surface area contributed by atoms with Crippen molar-refractivity contribution in [1.29, 1.82) is 10.7 Å². The molecule has 3 aromatic rings. The van der Waals surface area contributed by atoms with Gasteiger partial charge in [-0.15, -0.1) is 0 Å². The van der Waals surface area contributed by atoms with E-state index in [-0.39, 0.29) is 29.7 Å². The second-order valence-electron chi connectivity index (χ2n) is 9.25. The first-order valence-corrected chi connectivity index (χ1v) is 13.5. The third-order valence-corrected chi connectivity index (χ3v) is 7.65. The third kappa shape index (κ3) is 6.04. The van der Waals surface area contributed by atoms with Crippen molar-refractivity contribution in [2.75, 3.05) is 19.3 Å². The molecule has 1 amide bonds. The molecule has 0 aromatic heterocycles. The summed E-state index contributed by atoms with van der Waals surface area (Å²) in [6.07, 6.45) is 3.75. The number of thioether (sulfide) groups is 1. The highest BCUT2D eigenvalue weighted by Gasteiger charge is 2.43. The van der Waals surface area contributed by atoms with Crippen molar-refractivity contribution in [3.8, 4) is 17.3 Å². The summed E-state index contributed by atoms with van der Waals surface area (Å²) in [6.45, 7) is 2.34. The molecule has 4 rings (SSSR count).